The number of aryl methyl sites for hydroxylation is 1. The number of aromatic nitrogens is 2. The maximum atomic E-state index is 5.99. The van der Waals surface area contributed by atoms with E-state index in [0.717, 1.165) is 35.1 Å². The Hall–Kier alpha value is -1.36. The fraction of sp³-hybridized carbons (Fsp3) is 0.267. The topological polar surface area (TPSA) is 40.7 Å². The highest BCUT2D eigenvalue weighted by molar-refractivity contribution is 7.11. The van der Waals surface area contributed by atoms with Crippen LogP contribution in [-0.2, 0) is 19.5 Å². The van der Waals surface area contributed by atoms with Crippen molar-refractivity contribution in [3.05, 3.63) is 51.1 Å². The molecule has 0 atom stereocenters. The number of halogens is 1. The van der Waals surface area contributed by atoms with Gasteiger partial charge in [-0.15, -0.1) is 11.3 Å². The Morgan fingerprint density at radius 3 is 3.05 bits per heavy atom. The zero-order chi connectivity index (χ0) is 13.9. The van der Waals surface area contributed by atoms with Gasteiger partial charge in [0.15, 0.2) is 0 Å². The van der Waals surface area contributed by atoms with Crippen LogP contribution < -0.4 is 5.32 Å². The van der Waals surface area contributed by atoms with E-state index in [2.05, 4.69) is 28.3 Å². The van der Waals surface area contributed by atoms with Crippen molar-refractivity contribution in [2.45, 2.75) is 26.4 Å². The Bertz CT molecular complexity index is 717. The fourth-order valence-corrected chi connectivity index (χ4v) is 3.21. The number of benzene rings is 1. The molecule has 20 heavy (non-hydrogen) atoms. The predicted octanol–water partition coefficient (Wildman–Crippen LogP) is 4.13. The lowest BCUT2D eigenvalue weighted by Gasteiger charge is -2.01. The number of rotatable bonds is 5. The Morgan fingerprint density at radius 2 is 2.25 bits per heavy atom. The highest BCUT2D eigenvalue weighted by Gasteiger charge is 2.05. The van der Waals surface area contributed by atoms with Crippen LogP contribution in [0.2, 0.25) is 5.02 Å². The summed E-state index contributed by atoms with van der Waals surface area (Å²) in [6.45, 7) is 3.79. The van der Waals surface area contributed by atoms with Gasteiger partial charge in [-0.3, -0.25) is 0 Å². The van der Waals surface area contributed by atoms with Crippen molar-refractivity contribution in [2.75, 3.05) is 0 Å². The molecule has 0 aliphatic heterocycles. The smallest absolute Gasteiger partial charge is 0.107 e. The molecule has 104 valence electrons. The van der Waals surface area contributed by atoms with Crippen molar-refractivity contribution in [3.8, 4) is 0 Å². The van der Waals surface area contributed by atoms with Gasteiger partial charge in [0.2, 0.25) is 0 Å². The molecule has 2 aromatic heterocycles. The van der Waals surface area contributed by atoms with E-state index < -0.39 is 0 Å². The third-order valence-electron chi connectivity index (χ3n) is 3.27. The van der Waals surface area contributed by atoms with E-state index in [1.165, 1.54) is 15.8 Å². The monoisotopic (exact) mass is 305 g/mol. The number of aromatic amines is 1. The Labute approximate surface area is 127 Å². The van der Waals surface area contributed by atoms with Crippen LogP contribution in [0.15, 0.2) is 30.6 Å². The van der Waals surface area contributed by atoms with Gasteiger partial charge in [-0.05, 0) is 24.1 Å². The van der Waals surface area contributed by atoms with Crippen LogP contribution in [0.1, 0.15) is 22.4 Å². The summed E-state index contributed by atoms with van der Waals surface area (Å²) in [6.07, 6.45) is 5.06. The minimum Gasteiger partial charge on any atom is -0.361 e. The number of thiazole rings is 1. The zero-order valence-corrected chi connectivity index (χ0v) is 12.8. The van der Waals surface area contributed by atoms with Crippen LogP contribution in [-0.4, -0.2) is 9.97 Å². The molecule has 0 radical (unpaired) electrons. The molecule has 0 aliphatic carbocycles. The second kappa shape index (κ2) is 5.95. The first-order chi connectivity index (χ1) is 9.76. The molecule has 3 rings (SSSR count). The molecule has 5 heteroatoms. The van der Waals surface area contributed by atoms with Gasteiger partial charge in [0.05, 0.1) is 0 Å². The molecule has 0 unspecified atom stereocenters. The van der Waals surface area contributed by atoms with Gasteiger partial charge >= 0.3 is 0 Å². The number of hydrogen-bond donors (Lipinski definition) is 2. The fourth-order valence-electron chi connectivity index (χ4n) is 2.20. The van der Waals surface area contributed by atoms with Gasteiger partial charge in [0.1, 0.15) is 5.01 Å². The van der Waals surface area contributed by atoms with Crippen molar-refractivity contribution in [2.24, 2.45) is 0 Å². The van der Waals surface area contributed by atoms with Crippen LogP contribution in [0, 0.1) is 0 Å². The average Bonchev–Trinajstić information content (AvgIpc) is 3.06. The average molecular weight is 306 g/mol. The van der Waals surface area contributed by atoms with Crippen LogP contribution in [0.3, 0.4) is 0 Å². The number of nitrogens with one attached hydrogen (secondary N) is 2. The van der Waals surface area contributed by atoms with Gasteiger partial charge in [0, 0.05) is 46.3 Å². The summed E-state index contributed by atoms with van der Waals surface area (Å²) < 4.78 is 0. The van der Waals surface area contributed by atoms with Crippen molar-refractivity contribution in [1.29, 1.82) is 0 Å². The van der Waals surface area contributed by atoms with Crippen LogP contribution in [0.4, 0.5) is 0 Å². The summed E-state index contributed by atoms with van der Waals surface area (Å²) in [4.78, 5) is 9.00. The largest absolute Gasteiger partial charge is 0.361 e. The van der Waals surface area contributed by atoms with Crippen LogP contribution in [0.25, 0.3) is 10.9 Å². The third-order valence-corrected chi connectivity index (χ3v) is 4.65. The maximum Gasteiger partial charge on any atom is 0.107 e. The predicted molar refractivity (Wildman–Crippen MR) is 85.3 cm³/mol. The van der Waals surface area contributed by atoms with E-state index in [0.29, 0.717) is 0 Å². The van der Waals surface area contributed by atoms with Gasteiger partial charge < -0.3 is 10.3 Å². The molecule has 0 fully saturated rings. The molecule has 2 N–H and O–H groups in total. The summed E-state index contributed by atoms with van der Waals surface area (Å²) >= 11 is 7.76. The van der Waals surface area contributed by atoms with Gasteiger partial charge in [0.25, 0.3) is 0 Å². The van der Waals surface area contributed by atoms with E-state index in [1.807, 2.05) is 24.5 Å². The van der Waals surface area contributed by atoms with Crippen LogP contribution >= 0.6 is 22.9 Å². The normalized spacial score (nSPS) is 11.3. The minimum absolute atomic E-state index is 0.758. The molecule has 0 bridgehead atoms. The lowest BCUT2D eigenvalue weighted by molar-refractivity contribution is 0.693. The molecule has 0 amide bonds. The molecular weight excluding hydrogens is 290 g/mol. The van der Waals surface area contributed by atoms with Gasteiger partial charge in [-0.1, -0.05) is 24.6 Å². The first-order valence-electron chi connectivity index (χ1n) is 6.66. The second-order valence-corrected chi connectivity index (χ2v) is 6.32. The summed E-state index contributed by atoms with van der Waals surface area (Å²) in [5.74, 6) is 0. The maximum absolute atomic E-state index is 5.99. The minimum atomic E-state index is 0.758. The summed E-state index contributed by atoms with van der Waals surface area (Å²) in [6, 6.07) is 5.94. The molecule has 0 saturated heterocycles. The number of hydrogen-bond acceptors (Lipinski definition) is 3. The number of H-pyrrole nitrogens is 1. The molecular formula is C15H16ClN3S. The SMILES string of the molecule is CCc1cnc(CNCc2c[nH]c3cc(Cl)ccc23)s1. The first-order valence-corrected chi connectivity index (χ1v) is 7.85. The molecule has 0 spiro atoms. The lowest BCUT2D eigenvalue weighted by atomic mass is 10.2. The van der Waals surface area contributed by atoms with Crippen LogP contribution in [0.5, 0.6) is 0 Å². The molecule has 0 saturated carbocycles. The summed E-state index contributed by atoms with van der Waals surface area (Å²) in [7, 11) is 0. The molecule has 3 aromatic rings. The number of nitrogens with zero attached hydrogens (tertiary/aromatic N) is 1. The highest BCUT2D eigenvalue weighted by atomic mass is 35.5. The second-order valence-electron chi connectivity index (χ2n) is 4.68. The first kappa shape index (κ1) is 13.6. The highest BCUT2D eigenvalue weighted by Crippen LogP contribution is 2.22. The molecule has 3 nitrogen and oxygen atoms in total. The zero-order valence-electron chi connectivity index (χ0n) is 11.2. The van der Waals surface area contributed by atoms with E-state index in [4.69, 9.17) is 11.6 Å². The van der Waals surface area contributed by atoms with Gasteiger partial charge in [-0.2, -0.15) is 0 Å². The van der Waals surface area contributed by atoms with Gasteiger partial charge in [-0.25, -0.2) is 4.98 Å². The van der Waals surface area contributed by atoms with E-state index in [1.54, 1.807) is 11.3 Å². The number of fused-ring (bicyclic) bond motifs is 1. The quantitative estimate of drug-likeness (QED) is 0.744. The lowest BCUT2D eigenvalue weighted by Crippen LogP contribution is -2.12. The summed E-state index contributed by atoms with van der Waals surface area (Å²) in [5.41, 5.74) is 2.33. The standard InChI is InChI=1S/C15H16ClN3S/c1-2-12-8-19-15(20-12)9-17-6-10-7-18-14-5-11(16)3-4-13(10)14/h3-5,7-8,17-18H,2,6,9H2,1H3. The Kier molecular flexibility index (Phi) is 4.05. The van der Waals surface area contributed by atoms with Crippen molar-refractivity contribution >= 4 is 33.8 Å². The van der Waals surface area contributed by atoms with E-state index in [9.17, 15) is 0 Å². The third kappa shape index (κ3) is 2.87. The van der Waals surface area contributed by atoms with Crippen molar-refractivity contribution in [1.82, 2.24) is 15.3 Å². The molecule has 0 aliphatic rings. The summed E-state index contributed by atoms with van der Waals surface area (Å²) in [5, 5.41) is 6.56. The molecule has 1 aromatic carbocycles. The Balaban J connectivity index is 1.65. The van der Waals surface area contributed by atoms with Crippen molar-refractivity contribution < 1.29 is 0 Å². The van der Waals surface area contributed by atoms with E-state index >= 15 is 0 Å². The van der Waals surface area contributed by atoms with E-state index in [-0.39, 0.29) is 0 Å². The Morgan fingerprint density at radius 1 is 1.35 bits per heavy atom. The van der Waals surface area contributed by atoms with Crippen molar-refractivity contribution in [3.63, 3.8) is 0 Å². The molecule has 2 heterocycles.